The van der Waals surface area contributed by atoms with Crippen molar-refractivity contribution in [2.45, 2.75) is 43.8 Å². The third-order valence-electron chi connectivity index (χ3n) is 3.44. The number of primary amides is 1. The van der Waals surface area contributed by atoms with E-state index in [4.69, 9.17) is 24.3 Å². The number of nitrogens with zero attached hydrogens (tertiary/aromatic N) is 1. The number of rotatable bonds is 11. The van der Waals surface area contributed by atoms with Gasteiger partial charge in [0.25, 0.3) is 0 Å². The first-order valence-electron chi connectivity index (χ1n) is 7.57. The van der Waals surface area contributed by atoms with Gasteiger partial charge < -0.3 is 30.3 Å². The fourth-order valence-corrected chi connectivity index (χ4v) is 2.81. The van der Waals surface area contributed by atoms with Gasteiger partial charge in [-0.2, -0.15) is 0 Å². The fraction of sp³-hybridized carbons (Fsp3) is 0.846. The Morgan fingerprint density at radius 2 is 2.12 bits per heavy atom. The molecule has 25 heavy (non-hydrogen) atoms. The molecule has 146 valence electrons. The highest BCUT2D eigenvalue weighted by atomic mass is 31.2. The monoisotopic (exact) mass is 384 g/mol. The molecule has 5 unspecified atom stereocenters. The van der Waals surface area contributed by atoms with Crippen molar-refractivity contribution in [1.29, 1.82) is 0 Å². The summed E-state index contributed by atoms with van der Waals surface area (Å²) in [4.78, 5) is 24.1. The molecule has 0 aromatic rings. The number of ether oxygens (including phenoxy) is 2. The number of hydrogen-bond donors (Lipinski definition) is 4. The van der Waals surface area contributed by atoms with Crippen LogP contribution in [0.5, 0.6) is 0 Å². The summed E-state index contributed by atoms with van der Waals surface area (Å²) in [6, 6.07) is 0. The predicted octanol–water partition coefficient (Wildman–Crippen LogP) is -1.06. The number of carbonyl (C=O) groups is 1. The van der Waals surface area contributed by atoms with Crippen molar-refractivity contribution in [3.8, 4) is 0 Å². The lowest BCUT2D eigenvalue weighted by molar-refractivity contribution is -0.116. The van der Waals surface area contributed by atoms with Crippen molar-refractivity contribution in [1.82, 2.24) is 0 Å². The van der Waals surface area contributed by atoms with E-state index in [2.05, 4.69) is 4.99 Å². The molecule has 1 saturated heterocycles. The van der Waals surface area contributed by atoms with Gasteiger partial charge in [0.05, 0.1) is 19.6 Å². The van der Waals surface area contributed by atoms with Gasteiger partial charge in [0, 0.05) is 19.9 Å². The molecule has 0 aromatic carbocycles. The van der Waals surface area contributed by atoms with E-state index in [0.717, 1.165) is 6.21 Å². The van der Waals surface area contributed by atoms with Crippen LogP contribution < -0.4 is 5.73 Å². The maximum atomic E-state index is 11.7. The number of aliphatic hydroxyl groups excluding tert-OH is 1. The Hall–Kier alpha value is -0.910. The Bertz CT molecular complexity index is 514. The zero-order valence-electron chi connectivity index (χ0n) is 14.1. The van der Waals surface area contributed by atoms with E-state index in [1.807, 2.05) is 0 Å². The topological polar surface area (TPSA) is 170 Å². The Kier molecular flexibility index (Phi) is 8.58. The second kappa shape index (κ2) is 9.70. The van der Waals surface area contributed by atoms with Crippen LogP contribution in [-0.2, 0) is 27.9 Å². The van der Waals surface area contributed by atoms with Crippen LogP contribution in [0, 0.1) is 0 Å². The molecule has 5 atom stereocenters. The molecule has 0 saturated carbocycles. The molecular formula is C13H25N2O9P. The second-order valence-electron chi connectivity index (χ2n) is 5.64. The van der Waals surface area contributed by atoms with E-state index in [-0.39, 0.29) is 13.0 Å². The lowest BCUT2D eigenvalue weighted by Gasteiger charge is -2.24. The largest absolute Gasteiger partial charge is 0.472 e. The molecule has 5 N–H and O–H groups in total. The molecule has 0 spiro atoms. The predicted molar refractivity (Wildman–Crippen MR) is 85.8 cm³/mol. The first kappa shape index (κ1) is 22.1. The van der Waals surface area contributed by atoms with Crippen LogP contribution in [0.4, 0.5) is 0 Å². The molecule has 1 rings (SSSR count). The maximum Gasteiger partial charge on any atom is 0.472 e. The zero-order chi connectivity index (χ0) is 19.1. The van der Waals surface area contributed by atoms with Crippen LogP contribution in [0.25, 0.3) is 0 Å². The van der Waals surface area contributed by atoms with Crippen molar-refractivity contribution < 1.29 is 43.0 Å². The van der Waals surface area contributed by atoms with Crippen LogP contribution in [0.3, 0.4) is 0 Å². The number of methoxy groups -OCH3 is 1. The molecule has 0 bridgehead atoms. The van der Waals surface area contributed by atoms with Crippen LogP contribution in [0.1, 0.15) is 19.8 Å². The normalized spacial score (nSPS) is 32.1. The van der Waals surface area contributed by atoms with Crippen LogP contribution in [0.15, 0.2) is 4.99 Å². The van der Waals surface area contributed by atoms with E-state index < -0.39 is 44.4 Å². The number of hydrogen-bond acceptors (Lipinski definition) is 9. The highest BCUT2D eigenvalue weighted by Crippen LogP contribution is 2.44. The molecule has 11 nitrogen and oxygen atoms in total. The van der Waals surface area contributed by atoms with Gasteiger partial charge in [0.1, 0.15) is 17.8 Å². The number of carbonyl (C=O) groups excluding carboxylic acids is 1. The SMILES string of the molecule is COCCCOP(=O)(O)OCC1OC(N=CCC(N)=O)C(C)(O)C1O. The standard InChI is InChI=1S/C13H25N2O9P/c1-13(18)11(17)9(24-12(13)15-5-4-10(14)16)8-23-25(19,20)22-7-3-6-21-2/h5,9,11-12,17-18H,3-4,6-8H2,1-2H3,(H2,14,16)(H,19,20). The van der Waals surface area contributed by atoms with Crippen molar-refractivity contribution in [2.75, 3.05) is 26.9 Å². The Morgan fingerprint density at radius 3 is 2.72 bits per heavy atom. The van der Waals surface area contributed by atoms with Gasteiger partial charge in [-0.15, -0.1) is 0 Å². The van der Waals surface area contributed by atoms with Crippen LogP contribution in [-0.4, -0.2) is 78.2 Å². The van der Waals surface area contributed by atoms with Crippen molar-refractivity contribution in [3.05, 3.63) is 0 Å². The fourth-order valence-electron chi connectivity index (χ4n) is 2.04. The molecule has 1 heterocycles. The van der Waals surface area contributed by atoms with Gasteiger partial charge in [0.15, 0.2) is 6.23 Å². The summed E-state index contributed by atoms with van der Waals surface area (Å²) >= 11 is 0. The van der Waals surface area contributed by atoms with E-state index in [0.29, 0.717) is 13.0 Å². The molecule has 1 amide bonds. The molecule has 12 heteroatoms. The van der Waals surface area contributed by atoms with Crippen molar-refractivity contribution in [2.24, 2.45) is 10.7 Å². The smallest absolute Gasteiger partial charge is 0.387 e. The Balaban J connectivity index is 2.54. The van der Waals surface area contributed by atoms with Gasteiger partial charge in [-0.1, -0.05) is 0 Å². The lowest BCUT2D eigenvalue weighted by Crippen LogP contribution is -2.45. The van der Waals surface area contributed by atoms with Crippen LogP contribution in [0.2, 0.25) is 0 Å². The summed E-state index contributed by atoms with van der Waals surface area (Å²) in [6.07, 6.45) is -2.33. The van der Waals surface area contributed by atoms with Crippen molar-refractivity contribution >= 4 is 19.9 Å². The number of aliphatic hydroxyl groups is 2. The van der Waals surface area contributed by atoms with E-state index in [9.17, 15) is 24.5 Å². The summed E-state index contributed by atoms with van der Waals surface area (Å²) in [5, 5.41) is 20.3. The third-order valence-corrected chi connectivity index (χ3v) is 4.42. The highest BCUT2D eigenvalue weighted by Gasteiger charge is 2.52. The number of aliphatic imine (C=N–C) groups is 1. The minimum Gasteiger partial charge on any atom is -0.387 e. The summed E-state index contributed by atoms with van der Waals surface area (Å²) in [5.74, 6) is -0.617. The Labute approximate surface area is 145 Å². The quantitative estimate of drug-likeness (QED) is 0.197. The Morgan fingerprint density at radius 1 is 1.44 bits per heavy atom. The van der Waals surface area contributed by atoms with Gasteiger partial charge >= 0.3 is 7.82 Å². The zero-order valence-corrected chi connectivity index (χ0v) is 15.0. The third kappa shape index (κ3) is 7.08. The lowest BCUT2D eigenvalue weighted by atomic mass is 9.97. The minimum atomic E-state index is -4.34. The van der Waals surface area contributed by atoms with Crippen molar-refractivity contribution in [3.63, 3.8) is 0 Å². The van der Waals surface area contributed by atoms with Gasteiger partial charge in [-0.3, -0.25) is 18.8 Å². The molecule has 1 aliphatic rings. The minimum absolute atomic E-state index is 0.0482. The first-order chi connectivity index (χ1) is 11.6. The molecule has 0 radical (unpaired) electrons. The number of phosphoric acid groups is 1. The summed E-state index contributed by atoms with van der Waals surface area (Å²) < 4.78 is 31.3. The number of phosphoric ester groups is 1. The summed E-state index contributed by atoms with van der Waals surface area (Å²) in [6.45, 7) is 1.09. The average Bonchev–Trinajstić information content (AvgIpc) is 2.73. The number of amides is 1. The van der Waals surface area contributed by atoms with E-state index in [1.165, 1.54) is 14.0 Å². The average molecular weight is 384 g/mol. The first-order valence-corrected chi connectivity index (χ1v) is 9.06. The molecule has 0 aromatic heterocycles. The molecule has 0 aliphatic carbocycles. The van der Waals surface area contributed by atoms with Gasteiger partial charge in [0.2, 0.25) is 5.91 Å². The van der Waals surface area contributed by atoms with Gasteiger partial charge in [-0.05, 0) is 13.3 Å². The molecule has 1 aliphatic heterocycles. The van der Waals surface area contributed by atoms with Gasteiger partial charge in [-0.25, -0.2) is 4.57 Å². The highest BCUT2D eigenvalue weighted by molar-refractivity contribution is 7.47. The molecular weight excluding hydrogens is 359 g/mol. The molecule has 1 fully saturated rings. The van der Waals surface area contributed by atoms with Crippen LogP contribution >= 0.6 is 7.82 Å². The summed E-state index contributed by atoms with van der Waals surface area (Å²) in [7, 11) is -2.85. The second-order valence-corrected chi connectivity index (χ2v) is 7.10. The van der Waals surface area contributed by atoms with E-state index >= 15 is 0 Å². The number of nitrogens with two attached hydrogens (primary N) is 1. The summed E-state index contributed by atoms with van der Waals surface area (Å²) in [5.41, 5.74) is 3.19. The maximum absolute atomic E-state index is 11.7. The van der Waals surface area contributed by atoms with E-state index in [1.54, 1.807) is 0 Å².